The summed E-state index contributed by atoms with van der Waals surface area (Å²) in [5.74, 6) is -1.70. The normalized spacial score (nSPS) is 24.8. The summed E-state index contributed by atoms with van der Waals surface area (Å²) in [5.41, 5.74) is 1.93. The van der Waals surface area contributed by atoms with Crippen LogP contribution < -0.4 is 20.7 Å². The summed E-state index contributed by atoms with van der Waals surface area (Å²) in [6.45, 7) is 8.53. The van der Waals surface area contributed by atoms with Gasteiger partial charge in [0.25, 0.3) is 5.91 Å². The van der Waals surface area contributed by atoms with Gasteiger partial charge in [0.15, 0.2) is 6.61 Å². The first kappa shape index (κ1) is 35.6. The molecule has 12 heteroatoms. The van der Waals surface area contributed by atoms with E-state index >= 15 is 0 Å². The number of hydrogen-bond acceptors (Lipinski definition) is 7. The van der Waals surface area contributed by atoms with Gasteiger partial charge in [0.1, 0.15) is 29.9 Å². The number of amides is 5. The third kappa shape index (κ3) is 9.47. The predicted molar refractivity (Wildman–Crippen MR) is 185 cm³/mol. The molecule has 6 rings (SSSR count). The molecule has 2 aromatic rings. The van der Waals surface area contributed by atoms with E-state index in [9.17, 15) is 24.0 Å². The van der Waals surface area contributed by atoms with Gasteiger partial charge in [-0.05, 0) is 48.9 Å². The van der Waals surface area contributed by atoms with Crippen molar-refractivity contribution in [1.82, 2.24) is 30.7 Å². The molecule has 4 heterocycles. The summed E-state index contributed by atoms with van der Waals surface area (Å²) in [4.78, 5) is 72.9. The third-order valence-corrected chi connectivity index (χ3v) is 9.34. The largest absolute Gasteiger partial charge is 0.484 e. The average molecular weight is 673 g/mol. The van der Waals surface area contributed by atoms with Gasteiger partial charge in [0, 0.05) is 45.7 Å². The van der Waals surface area contributed by atoms with Crippen molar-refractivity contribution in [3.05, 3.63) is 71.8 Å². The molecule has 3 N–H and O–H groups in total. The molecule has 2 aromatic carbocycles. The van der Waals surface area contributed by atoms with Crippen molar-refractivity contribution >= 4 is 35.6 Å². The number of ether oxygens (including phenoxy) is 1. The molecule has 0 spiro atoms. The fourth-order valence-corrected chi connectivity index (χ4v) is 6.46. The molecular weight excluding hydrogens is 624 g/mol. The molecule has 5 amide bonds. The molecule has 0 unspecified atom stereocenters. The number of rotatable bonds is 5. The Morgan fingerprint density at radius 1 is 0.898 bits per heavy atom. The number of carbonyl (C=O) groups is 5. The number of piperazine rings is 1. The topological polar surface area (TPSA) is 140 Å². The highest BCUT2D eigenvalue weighted by molar-refractivity contribution is 5.96. The Labute approximate surface area is 288 Å². The molecule has 2 saturated heterocycles. The van der Waals surface area contributed by atoms with Gasteiger partial charge in [-0.1, -0.05) is 68.5 Å². The highest BCUT2D eigenvalue weighted by atomic mass is 16.5. The van der Waals surface area contributed by atoms with E-state index in [1.807, 2.05) is 32.0 Å². The number of benzene rings is 2. The predicted octanol–water partition coefficient (Wildman–Crippen LogP) is 1.60. The number of nitrogens with zero attached hydrogens (tertiary/aromatic N) is 3. The van der Waals surface area contributed by atoms with E-state index in [2.05, 4.69) is 45.1 Å². The van der Waals surface area contributed by atoms with Gasteiger partial charge >= 0.3 is 0 Å². The maximum absolute atomic E-state index is 13.9. The first-order valence-electron chi connectivity index (χ1n) is 17.2. The van der Waals surface area contributed by atoms with Crippen LogP contribution in [0.25, 0.3) is 6.08 Å². The fourth-order valence-electron chi connectivity index (χ4n) is 6.46. The van der Waals surface area contributed by atoms with Gasteiger partial charge < -0.3 is 30.5 Å². The third-order valence-electron chi connectivity index (χ3n) is 9.34. The van der Waals surface area contributed by atoms with Crippen LogP contribution >= 0.6 is 0 Å². The zero-order valence-corrected chi connectivity index (χ0v) is 28.6. The highest BCUT2D eigenvalue weighted by Crippen LogP contribution is 2.21. The fraction of sp³-hybridized carbons (Fsp3) is 0.486. The Hall–Kier alpha value is -4.71. The standard InChI is InChI=1S/C37H48N6O6/c1-25(2)33-37(48)43-18-8-12-31(43)35(46)38-26(3)34(45)39-30(23-28-13-15-29(16-14-28)49-24-32(44)40-33)36(47)42-21-19-41(20-22-42)17-7-11-27-9-5-4-6-10-27/h4-7,9-11,13-16,25-26,30-31,33H,8,12,17-24H2,1-3H3,(H,38,46)(H,39,45)(H,40,44)/b11-7+/t26-,30-,31-,33+/m0/s1. The van der Waals surface area contributed by atoms with Gasteiger partial charge in [0.05, 0.1) is 0 Å². The molecule has 12 nitrogen and oxygen atoms in total. The summed E-state index contributed by atoms with van der Waals surface area (Å²) in [6, 6.07) is 13.7. The SMILES string of the molecule is CC(C)[C@H]1NC(=O)COc2ccc(cc2)C[C@@H](C(=O)N2CCN(C/C=C/c3ccccc3)CC2)NC(=O)[C@H](C)NC(=O)[C@@H]2CCCN2C1=O. The molecule has 2 bridgehead atoms. The summed E-state index contributed by atoms with van der Waals surface area (Å²) in [5, 5.41) is 8.46. The van der Waals surface area contributed by atoms with E-state index in [-0.39, 0.29) is 30.8 Å². The minimum Gasteiger partial charge on any atom is -0.484 e. The van der Waals surface area contributed by atoms with E-state index in [1.54, 1.807) is 36.1 Å². The molecule has 0 aliphatic carbocycles. The van der Waals surface area contributed by atoms with Crippen LogP contribution in [0.3, 0.4) is 0 Å². The monoisotopic (exact) mass is 672 g/mol. The quantitative estimate of drug-likeness (QED) is 0.439. The van der Waals surface area contributed by atoms with Crippen LogP contribution in [-0.4, -0.2) is 114 Å². The molecule has 0 saturated carbocycles. The van der Waals surface area contributed by atoms with E-state index in [0.29, 0.717) is 51.3 Å². The van der Waals surface area contributed by atoms with Crippen molar-refractivity contribution in [2.24, 2.45) is 5.92 Å². The second-order valence-electron chi connectivity index (χ2n) is 13.3. The first-order valence-corrected chi connectivity index (χ1v) is 17.2. The Kier molecular flexibility index (Phi) is 12.1. The zero-order chi connectivity index (χ0) is 34.9. The molecule has 49 heavy (non-hydrogen) atoms. The summed E-state index contributed by atoms with van der Waals surface area (Å²) >= 11 is 0. The second kappa shape index (κ2) is 16.6. The number of hydrogen-bond donors (Lipinski definition) is 3. The first-order chi connectivity index (χ1) is 23.6. The van der Waals surface area contributed by atoms with E-state index < -0.39 is 41.9 Å². The molecule has 4 aliphatic rings. The van der Waals surface area contributed by atoms with Crippen molar-refractivity contribution in [3.63, 3.8) is 0 Å². The Balaban J connectivity index is 1.29. The maximum Gasteiger partial charge on any atom is 0.258 e. The van der Waals surface area contributed by atoms with Crippen LogP contribution in [0.2, 0.25) is 0 Å². The smallest absolute Gasteiger partial charge is 0.258 e. The minimum absolute atomic E-state index is 0.193. The van der Waals surface area contributed by atoms with Gasteiger partial charge in [-0.25, -0.2) is 0 Å². The van der Waals surface area contributed by atoms with Crippen LogP contribution in [-0.2, 0) is 30.4 Å². The lowest BCUT2D eigenvalue weighted by atomic mass is 10.0. The molecule has 2 fully saturated rings. The van der Waals surface area contributed by atoms with Gasteiger partial charge in [-0.3, -0.25) is 28.9 Å². The lowest BCUT2D eigenvalue weighted by molar-refractivity contribution is -0.143. The summed E-state index contributed by atoms with van der Waals surface area (Å²) in [6.07, 6.45) is 5.50. The van der Waals surface area contributed by atoms with Crippen molar-refractivity contribution in [2.75, 3.05) is 45.9 Å². The molecule has 262 valence electrons. The van der Waals surface area contributed by atoms with E-state index in [0.717, 1.165) is 17.7 Å². The minimum atomic E-state index is -0.952. The number of nitrogens with one attached hydrogen (secondary N) is 3. The Morgan fingerprint density at radius 2 is 1.61 bits per heavy atom. The van der Waals surface area contributed by atoms with Gasteiger partial charge in [-0.15, -0.1) is 0 Å². The summed E-state index contributed by atoms with van der Waals surface area (Å²) in [7, 11) is 0. The molecule has 4 aliphatic heterocycles. The Morgan fingerprint density at radius 3 is 2.31 bits per heavy atom. The molecular formula is C37H48N6O6. The Bertz CT molecular complexity index is 1500. The van der Waals surface area contributed by atoms with Crippen molar-refractivity contribution in [1.29, 1.82) is 0 Å². The van der Waals surface area contributed by atoms with Gasteiger partial charge in [0.2, 0.25) is 23.6 Å². The molecule has 4 atom stereocenters. The zero-order valence-electron chi connectivity index (χ0n) is 28.6. The maximum atomic E-state index is 13.9. The second-order valence-corrected chi connectivity index (χ2v) is 13.3. The van der Waals surface area contributed by atoms with Crippen LogP contribution in [0.15, 0.2) is 60.7 Å². The van der Waals surface area contributed by atoms with Crippen molar-refractivity contribution < 1.29 is 28.7 Å². The van der Waals surface area contributed by atoms with Crippen molar-refractivity contribution in [3.8, 4) is 5.75 Å². The number of fused-ring (bicyclic) bond motifs is 13. The lowest BCUT2D eigenvalue weighted by Crippen LogP contribution is -2.59. The van der Waals surface area contributed by atoms with Crippen molar-refractivity contribution in [2.45, 2.75) is 64.2 Å². The average Bonchev–Trinajstić information content (AvgIpc) is 3.60. The lowest BCUT2D eigenvalue weighted by Gasteiger charge is -2.36. The molecule has 0 radical (unpaired) electrons. The van der Waals surface area contributed by atoms with Crippen LogP contribution in [0.1, 0.15) is 44.7 Å². The number of carbonyl (C=O) groups excluding carboxylic acids is 5. The van der Waals surface area contributed by atoms with E-state index in [4.69, 9.17) is 4.74 Å². The van der Waals surface area contributed by atoms with Crippen LogP contribution in [0, 0.1) is 5.92 Å². The van der Waals surface area contributed by atoms with Crippen LogP contribution in [0.4, 0.5) is 0 Å². The summed E-state index contributed by atoms with van der Waals surface area (Å²) < 4.78 is 5.71. The van der Waals surface area contributed by atoms with Crippen LogP contribution in [0.5, 0.6) is 5.75 Å². The molecule has 0 aromatic heterocycles. The van der Waals surface area contributed by atoms with E-state index in [1.165, 1.54) is 4.90 Å². The van der Waals surface area contributed by atoms with Gasteiger partial charge in [-0.2, -0.15) is 0 Å². The highest BCUT2D eigenvalue weighted by Gasteiger charge is 2.40.